The van der Waals surface area contributed by atoms with Gasteiger partial charge in [0.05, 0.1) is 0 Å². The van der Waals surface area contributed by atoms with Crippen molar-refractivity contribution in [1.82, 2.24) is 0 Å². The van der Waals surface area contributed by atoms with Gasteiger partial charge in [0.25, 0.3) is 0 Å². The zero-order valence-electron chi connectivity index (χ0n) is 8.58. The van der Waals surface area contributed by atoms with Gasteiger partial charge in [-0.2, -0.15) is 0 Å². The van der Waals surface area contributed by atoms with E-state index < -0.39 is 0 Å². The summed E-state index contributed by atoms with van der Waals surface area (Å²) >= 11 is 0. The van der Waals surface area contributed by atoms with Crippen molar-refractivity contribution >= 4 is 5.97 Å². The summed E-state index contributed by atoms with van der Waals surface area (Å²) < 4.78 is 4.86. The maximum absolute atomic E-state index is 10.7. The highest BCUT2D eigenvalue weighted by Gasteiger charge is 2.08. The molecule has 0 aromatic heterocycles. The van der Waals surface area contributed by atoms with Crippen LogP contribution in [0, 0.1) is 12.5 Å². The van der Waals surface area contributed by atoms with Crippen LogP contribution in [0.4, 0.5) is 0 Å². The Kier molecular flexibility index (Phi) is 7.36. The van der Waals surface area contributed by atoms with Gasteiger partial charge in [-0.3, -0.25) is 0 Å². The van der Waals surface area contributed by atoms with Crippen LogP contribution in [0.25, 0.3) is 0 Å². The Morgan fingerprint density at radius 1 is 1.54 bits per heavy atom. The van der Waals surface area contributed by atoms with E-state index in [1.807, 2.05) is 0 Å². The van der Waals surface area contributed by atoms with Crippen molar-refractivity contribution in [3.8, 4) is 0 Å². The number of hydrogen-bond donors (Lipinski definition) is 0. The first-order valence-electron chi connectivity index (χ1n) is 4.90. The fourth-order valence-electron chi connectivity index (χ4n) is 1.05. The maximum atomic E-state index is 10.7. The SMILES string of the molecule is C=CC(=O)O[CH]C(CC)CCCC. The first-order chi connectivity index (χ1) is 6.24. The molecule has 1 atom stereocenters. The van der Waals surface area contributed by atoms with Crippen LogP contribution in [0.2, 0.25) is 0 Å². The lowest BCUT2D eigenvalue weighted by molar-refractivity contribution is -0.135. The Morgan fingerprint density at radius 3 is 2.69 bits per heavy atom. The molecule has 1 radical (unpaired) electrons. The molecule has 75 valence electrons. The minimum absolute atomic E-state index is 0.366. The van der Waals surface area contributed by atoms with E-state index in [0.717, 1.165) is 12.8 Å². The van der Waals surface area contributed by atoms with Gasteiger partial charge in [-0.05, 0) is 18.8 Å². The molecule has 0 aliphatic rings. The number of carbonyl (C=O) groups excluding carboxylic acids is 1. The third kappa shape index (κ3) is 6.38. The Morgan fingerprint density at radius 2 is 2.23 bits per heavy atom. The summed E-state index contributed by atoms with van der Waals surface area (Å²) in [5.41, 5.74) is 0. The molecule has 0 N–H and O–H groups in total. The van der Waals surface area contributed by atoms with Gasteiger partial charge in [0, 0.05) is 6.08 Å². The van der Waals surface area contributed by atoms with E-state index in [4.69, 9.17) is 4.74 Å². The summed E-state index contributed by atoms with van der Waals surface area (Å²) in [7, 11) is 0. The van der Waals surface area contributed by atoms with Gasteiger partial charge in [0.2, 0.25) is 0 Å². The van der Waals surface area contributed by atoms with Crippen molar-refractivity contribution in [2.45, 2.75) is 39.5 Å². The summed E-state index contributed by atoms with van der Waals surface area (Å²) in [5.74, 6) is 0.0267. The van der Waals surface area contributed by atoms with E-state index in [2.05, 4.69) is 20.4 Å². The Bertz CT molecular complexity index is 152. The smallest absolute Gasteiger partial charge is 0.330 e. The highest BCUT2D eigenvalue weighted by atomic mass is 16.5. The molecular weight excluding hydrogens is 164 g/mol. The molecule has 0 aromatic rings. The Balaban J connectivity index is 3.58. The van der Waals surface area contributed by atoms with Crippen LogP contribution >= 0.6 is 0 Å². The molecule has 0 heterocycles. The molecule has 0 amide bonds. The lowest BCUT2D eigenvalue weighted by Crippen LogP contribution is -2.06. The standard InChI is InChI=1S/C11H19O2/c1-4-7-8-10(5-2)9-13-11(12)6-3/h6,9-10H,3-5,7-8H2,1-2H3. The van der Waals surface area contributed by atoms with Crippen LogP contribution in [0.3, 0.4) is 0 Å². The molecular formula is C11H19O2. The van der Waals surface area contributed by atoms with Gasteiger partial charge in [0.1, 0.15) is 6.61 Å². The fourth-order valence-corrected chi connectivity index (χ4v) is 1.05. The average Bonchev–Trinajstić information content (AvgIpc) is 2.17. The van der Waals surface area contributed by atoms with E-state index in [0.29, 0.717) is 5.92 Å². The normalized spacial score (nSPS) is 12.2. The average molecular weight is 183 g/mol. The van der Waals surface area contributed by atoms with Crippen LogP contribution in [0.15, 0.2) is 12.7 Å². The third-order valence-electron chi connectivity index (χ3n) is 2.00. The Labute approximate surface area is 81.0 Å². The van der Waals surface area contributed by atoms with Gasteiger partial charge in [0.15, 0.2) is 0 Å². The molecule has 0 aliphatic heterocycles. The van der Waals surface area contributed by atoms with Crippen molar-refractivity contribution in [2.24, 2.45) is 5.92 Å². The van der Waals surface area contributed by atoms with Crippen molar-refractivity contribution in [3.63, 3.8) is 0 Å². The van der Waals surface area contributed by atoms with Crippen LogP contribution in [-0.4, -0.2) is 5.97 Å². The molecule has 2 heteroatoms. The van der Waals surface area contributed by atoms with Crippen molar-refractivity contribution < 1.29 is 9.53 Å². The van der Waals surface area contributed by atoms with Crippen molar-refractivity contribution in [1.29, 1.82) is 0 Å². The van der Waals surface area contributed by atoms with E-state index in [9.17, 15) is 4.79 Å². The number of rotatable bonds is 7. The largest absolute Gasteiger partial charge is 0.455 e. The van der Waals surface area contributed by atoms with Crippen LogP contribution < -0.4 is 0 Å². The van der Waals surface area contributed by atoms with Gasteiger partial charge >= 0.3 is 5.97 Å². The molecule has 0 spiro atoms. The molecule has 0 aromatic carbocycles. The van der Waals surface area contributed by atoms with E-state index in [1.165, 1.54) is 18.9 Å². The van der Waals surface area contributed by atoms with Crippen LogP contribution in [0.5, 0.6) is 0 Å². The quantitative estimate of drug-likeness (QED) is 0.448. The number of hydrogen-bond acceptors (Lipinski definition) is 2. The number of esters is 1. The fraction of sp³-hybridized carbons (Fsp3) is 0.636. The second kappa shape index (κ2) is 7.84. The van der Waals surface area contributed by atoms with Gasteiger partial charge in [-0.25, -0.2) is 4.79 Å². The number of ether oxygens (including phenoxy) is 1. The minimum Gasteiger partial charge on any atom is -0.455 e. The second-order valence-corrected chi connectivity index (χ2v) is 3.09. The first kappa shape index (κ1) is 12.2. The lowest BCUT2D eigenvalue weighted by Gasteiger charge is -2.12. The highest BCUT2D eigenvalue weighted by Crippen LogP contribution is 2.16. The van der Waals surface area contributed by atoms with Crippen LogP contribution in [-0.2, 0) is 9.53 Å². The molecule has 0 saturated heterocycles. The molecule has 0 fully saturated rings. The van der Waals surface area contributed by atoms with Crippen molar-refractivity contribution in [2.75, 3.05) is 0 Å². The van der Waals surface area contributed by atoms with Gasteiger partial charge in [-0.15, -0.1) is 0 Å². The third-order valence-corrected chi connectivity index (χ3v) is 2.00. The molecule has 1 unspecified atom stereocenters. The number of carbonyl (C=O) groups is 1. The molecule has 0 saturated carbocycles. The summed E-state index contributed by atoms with van der Waals surface area (Å²) in [6.07, 6.45) is 5.66. The molecule has 0 bridgehead atoms. The minimum atomic E-state index is -0.366. The summed E-state index contributed by atoms with van der Waals surface area (Å²) in [6, 6.07) is 0. The topological polar surface area (TPSA) is 26.3 Å². The molecule has 13 heavy (non-hydrogen) atoms. The molecule has 2 nitrogen and oxygen atoms in total. The predicted molar refractivity (Wildman–Crippen MR) is 53.9 cm³/mol. The zero-order valence-corrected chi connectivity index (χ0v) is 8.58. The number of unbranched alkanes of at least 4 members (excludes halogenated alkanes) is 1. The van der Waals surface area contributed by atoms with Gasteiger partial charge < -0.3 is 4.74 Å². The highest BCUT2D eigenvalue weighted by molar-refractivity contribution is 5.81. The lowest BCUT2D eigenvalue weighted by atomic mass is 10.0. The predicted octanol–water partition coefficient (Wildman–Crippen LogP) is 3.09. The Hall–Kier alpha value is -0.790. The summed E-state index contributed by atoms with van der Waals surface area (Å²) in [5, 5.41) is 0. The monoisotopic (exact) mass is 183 g/mol. The maximum Gasteiger partial charge on any atom is 0.330 e. The summed E-state index contributed by atoms with van der Waals surface area (Å²) in [6.45, 7) is 9.22. The molecule has 0 aliphatic carbocycles. The van der Waals surface area contributed by atoms with Crippen molar-refractivity contribution in [3.05, 3.63) is 19.3 Å². The summed E-state index contributed by atoms with van der Waals surface area (Å²) in [4.78, 5) is 10.7. The second-order valence-electron chi connectivity index (χ2n) is 3.09. The van der Waals surface area contributed by atoms with E-state index in [1.54, 1.807) is 6.61 Å². The van der Waals surface area contributed by atoms with Crippen LogP contribution in [0.1, 0.15) is 39.5 Å². The zero-order chi connectivity index (χ0) is 10.1. The van der Waals surface area contributed by atoms with E-state index >= 15 is 0 Å². The molecule has 0 rings (SSSR count). The van der Waals surface area contributed by atoms with Gasteiger partial charge in [-0.1, -0.05) is 33.3 Å². The van der Waals surface area contributed by atoms with E-state index in [-0.39, 0.29) is 5.97 Å². The first-order valence-corrected chi connectivity index (χ1v) is 4.90.